The Morgan fingerprint density at radius 1 is 1.29 bits per heavy atom. The van der Waals surface area contributed by atoms with Gasteiger partial charge in [-0.1, -0.05) is 12.1 Å². The molecule has 1 aromatic carbocycles. The Balaban J connectivity index is 2.10. The second kappa shape index (κ2) is 5.39. The summed E-state index contributed by atoms with van der Waals surface area (Å²) < 4.78 is 6.98. The second-order valence-corrected chi connectivity index (χ2v) is 4.92. The molecule has 0 aliphatic carbocycles. The van der Waals surface area contributed by atoms with Crippen LogP contribution in [0.25, 0.3) is 0 Å². The molecular formula is C12H8Br2N2O. The van der Waals surface area contributed by atoms with Crippen LogP contribution in [0, 0.1) is 11.3 Å². The van der Waals surface area contributed by atoms with Crippen molar-refractivity contribution in [3.8, 4) is 6.07 Å². The lowest BCUT2D eigenvalue weighted by Gasteiger charge is -2.05. The van der Waals surface area contributed by atoms with Crippen LogP contribution in [0.3, 0.4) is 0 Å². The van der Waals surface area contributed by atoms with E-state index in [4.69, 9.17) is 9.68 Å². The summed E-state index contributed by atoms with van der Waals surface area (Å²) in [5, 5.41) is 12.1. The van der Waals surface area contributed by atoms with Gasteiger partial charge in [-0.15, -0.1) is 0 Å². The molecule has 5 heteroatoms. The predicted octanol–water partition coefficient (Wildman–Crippen LogP) is 4.29. The van der Waals surface area contributed by atoms with Crippen molar-refractivity contribution in [2.24, 2.45) is 0 Å². The fourth-order valence-electron chi connectivity index (χ4n) is 1.40. The Morgan fingerprint density at radius 3 is 2.71 bits per heavy atom. The van der Waals surface area contributed by atoms with E-state index in [1.807, 2.05) is 24.3 Å². The molecule has 0 unspecified atom stereocenters. The van der Waals surface area contributed by atoms with Crippen LogP contribution < -0.4 is 5.32 Å². The van der Waals surface area contributed by atoms with E-state index in [1.54, 1.807) is 6.07 Å². The molecule has 0 amide bonds. The topological polar surface area (TPSA) is 49.0 Å². The van der Waals surface area contributed by atoms with Crippen molar-refractivity contribution in [3.63, 3.8) is 0 Å². The molecular weight excluding hydrogens is 348 g/mol. The van der Waals surface area contributed by atoms with Crippen LogP contribution in [0.2, 0.25) is 0 Å². The maximum Gasteiger partial charge on any atom is 0.183 e. The summed E-state index contributed by atoms with van der Waals surface area (Å²) in [6, 6.07) is 11.4. The van der Waals surface area contributed by atoms with E-state index in [2.05, 4.69) is 43.2 Å². The summed E-state index contributed by atoms with van der Waals surface area (Å²) in [5.41, 5.74) is 1.43. The summed E-state index contributed by atoms with van der Waals surface area (Å²) in [6.07, 6.45) is 0. The molecule has 0 aliphatic heterocycles. The number of nitrogens with zero attached hydrogens (tertiary/aromatic N) is 1. The minimum Gasteiger partial charge on any atom is -0.451 e. The Bertz CT molecular complexity index is 553. The first-order chi connectivity index (χ1) is 8.20. The number of anilines is 1. The van der Waals surface area contributed by atoms with Crippen LogP contribution in [0.5, 0.6) is 0 Å². The Hall–Kier alpha value is -1.25. The summed E-state index contributed by atoms with van der Waals surface area (Å²) in [4.78, 5) is 0. The van der Waals surface area contributed by atoms with Crippen molar-refractivity contribution in [1.29, 1.82) is 5.26 Å². The van der Waals surface area contributed by atoms with Gasteiger partial charge < -0.3 is 9.73 Å². The summed E-state index contributed by atoms with van der Waals surface area (Å²) in [5.74, 6) is 0.788. The number of rotatable bonds is 3. The molecule has 3 nitrogen and oxygen atoms in total. The quantitative estimate of drug-likeness (QED) is 0.893. The maximum absolute atomic E-state index is 8.94. The third-order valence-electron chi connectivity index (χ3n) is 2.20. The standard InChI is InChI=1S/C12H8Br2N2O/c13-10-5-9(17-12(10)14)7-16-11-4-2-1-3-8(11)6-15/h1-5,16H,7H2. The lowest BCUT2D eigenvalue weighted by Crippen LogP contribution is -1.99. The highest BCUT2D eigenvalue weighted by Crippen LogP contribution is 2.27. The van der Waals surface area contributed by atoms with Crippen LogP contribution >= 0.6 is 31.9 Å². The second-order valence-electron chi connectivity index (χ2n) is 3.35. The van der Waals surface area contributed by atoms with Crippen LogP contribution in [0.15, 0.2) is 43.9 Å². The fourth-order valence-corrected chi connectivity index (χ4v) is 2.05. The van der Waals surface area contributed by atoms with E-state index in [0.717, 1.165) is 15.9 Å². The smallest absolute Gasteiger partial charge is 0.183 e. The number of furan rings is 1. The Kier molecular flexibility index (Phi) is 3.87. The average molecular weight is 356 g/mol. The Morgan fingerprint density at radius 2 is 2.06 bits per heavy atom. The maximum atomic E-state index is 8.94. The molecule has 0 aliphatic rings. The SMILES string of the molecule is N#Cc1ccccc1NCc1cc(Br)c(Br)o1. The van der Waals surface area contributed by atoms with Gasteiger partial charge in [-0.05, 0) is 50.1 Å². The van der Waals surface area contributed by atoms with E-state index >= 15 is 0 Å². The zero-order chi connectivity index (χ0) is 12.3. The zero-order valence-electron chi connectivity index (χ0n) is 8.71. The molecule has 0 radical (unpaired) electrons. The third kappa shape index (κ3) is 2.90. The van der Waals surface area contributed by atoms with Crippen LogP contribution in [-0.2, 0) is 6.54 Å². The number of hydrogen-bond donors (Lipinski definition) is 1. The molecule has 0 saturated carbocycles. The lowest BCUT2D eigenvalue weighted by atomic mass is 10.2. The number of para-hydroxylation sites is 1. The highest BCUT2D eigenvalue weighted by Gasteiger charge is 2.06. The molecule has 1 heterocycles. The highest BCUT2D eigenvalue weighted by atomic mass is 79.9. The van der Waals surface area contributed by atoms with Gasteiger partial charge in [-0.25, -0.2) is 0 Å². The van der Waals surface area contributed by atoms with Crippen molar-refractivity contribution in [1.82, 2.24) is 0 Å². The normalized spacial score (nSPS) is 9.94. The molecule has 1 N–H and O–H groups in total. The number of hydrogen-bond acceptors (Lipinski definition) is 3. The van der Waals surface area contributed by atoms with Gasteiger partial charge in [-0.2, -0.15) is 5.26 Å². The van der Waals surface area contributed by atoms with Gasteiger partial charge in [0.25, 0.3) is 0 Å². The first-order valence-electron chi connectivity index (χ1n) is 4.87. The number of halogens is 2. The monoisotopic (exact) mass is 354 g/mol. The van der Waals surface area contributed by atoms with E-state index in [0.29, 0.717) is 16.8 Å². The highest BCUT2D eigenvalue weighted by molar-refractivity contribution is 9.13. The predicted molar refractivity (Wildman–Crippen MR) is 72.6 cm³/mol. The number of benzene rings is 1. The average Bonchev–Trinajstić information content (AvgIpc) is 2.66. The van der Waals surface area contributed by atoms with E-state index in [-0.39, 0.29) is 0 Å². The zero-order valence-corrected chi connectivity index (χ0v) is 11.9. The lowest BCUT2D eigenvalue weighted by molar-refractivity contribution is 0.494. The van der Waals surface area contributed by atoms with Crippen molar-refractivity contribution >= 4 is 37.5 Å². The first kappa shape index (κ1) is 12.2. The van der Waals surface area contributed by atoms with Crippen LogP contribution in [0.4, 0.5) is 5.69 Å². The molecule has 2 rings (SSSR count). The van der Waals surface area contributed by atoms with E-state index in [9.17, 15) is 0 Å². The number of nitrogens with one attached hydrogen (secondary N) is 1. The van der Waals surface area contributed by atoms with Gasteiger partial charge in [0.05, 0.1) is 22.3 Å². The van der Waals surface area contributed by atoms with Gasteiger partial charge in [0, 0.05) is 0 Å². The summed E-state index contributed by atoms with van der Waals surface area (Å²) in [6.45, 7) is 0.531. The molecule has 0 fully saturated rings. The summed E-state index contributed by atoms with van der Waals surface area (Å²) in [7, 11) is 0. The molecule has 86 valence electrons. The minimum atomic E-state index is 0.531. The largest absolute Gasteiger partial charge is 0.451 e. The molecule has 0 spiro atoms. The molecule has 0 bridgehead atoms. The van der Waals surface area contributed by atoms with Crippen LogP contribution in [0.1, 0.15) is 11.3 Å². The third-order valence-corrected chi connectivity index (χ3v) is 3.91. The van der Waals surface area contributed by atoms with Crippen molar-refractivity contribution in [2.75, 3.05) is 5.32 Å². The van der Waals surface area contributed by atoms with Gasteiger partial charge in [-0.3, -0.25) is 0 Å². The van der Waals surface area contributed by atoms with E-state index in [1.165, 1.54) is 0 Å². The fraction of sp³-hybridized carbons (Fsp3) is 0.0833. The van der Waals surface area contributed by atoms with Gasteiger partial charge in [0.1, 0.15) is 11.8 Å². The van der Waals surface area contributed by atoms with Gasteiger partial charge >= 0.3 is 0 Å². The molecule has 2 aromatic rings. The van der Waals surface area contributed by atoms with Gasteiger partial charge in [0.15, 0.2) is 4.67 Å². The van der Waals surface area contributed by atoms with E-state index < -0.39 is 0 Å². The van der Waals surface area contributed by atoms with Gasteiger partial charge in [0.2, 0.25) is 0 Å². The van der Waals surface area contributed by atoms with Crippen molar-refractivity contribution in [3.05, 3.63) is 50.8 Å². The molecule has 1 aromatic heterocycles. The first-order valence-corrected chi connectivity index (χ1v) is 6.46. The Labute approximate surface area is 116 Å². The molecule has 0 atom stereocenters. The number of nitriles is 1. The van der Waals surface area contributed by atoms with Crippen LogP contribution in [-0.4, -0.2) is 0 Å². The van der Waals surface area contributed by atoms with Crippen molar-refractivity contribution < 1.29 is 4.42 Å². The van der Waals surface area contributed by atoms with Crippen molar-refractivity contribution in [2.45, 2.75) is 6.54 Å². The minimum absolute atomic E-state index is 0.531. The summed E-state index contributed by atoms with van der Waals surface area (Å²) >= 11 is 6.63. The molecule has 17 heavy (non-hydrogen) atoms. The molecule has 0 saturated heterocycles.